The van der Waals surface area contributed by atoms with Crippen LogP contribution in [0.25, 0.3) is 0 Å². The maximum absolute atomic E-state index is 5.47. The molecule has 0 saturated carbocycles. The molecule has 2 nitrogen and oxygen atoms in total. The van der Waals surface area contributed by atoms with Gasteiger partial charge in [0.25, 0.3) is 0 Å². The third-order valence-electron chi connectivity index (χ3n) is 4.08. The van der Waals surface area contributed by atoms with Gasteiger partial charge < -0.3 is 10.1 Å². The number of methoxy groups -OCH3 is 1. The summed E-state index contributed by atoms with van der Waals surface area (Å²) in [5.74, 6) is 1.90. The van der Waals surface area contributed by atoms with Gasteiger partial charge in [-0.1, -0.05) is 12.1 Å². The van der Waals surface area contributed by atoms with Crippen LogP contribution < -0.4 is 10.1 Å². The number of benzene rings is 1. The topological polar surface area (TPSA) is 21.3 Å². The SMILES string of the molecule is COc1cccc2c1C[C@@H]1CCCN[C@H]1C2. The summed E-state index contributed by atoms with van der Waals surface area (Å²) in [5.41, 5.74) is 2.94. The van der Waals surface area contributed by atoms with E-state index in [9.17, 15) is 0 Å². The van der Waals surface area contributed by atoms with E-state index in [1.54, 1.807) is 7.11 Å². The first kappa shape index (κ1) is 10.2. The molecule has 1 N–H and O–H groups in total. The van der Waals surface area contributed by atoms with Crippen molar-refractivity contribution in [2.45, 2.75) is 31.7 Å². The fraction of sp³-hybridized carbons (Fsp3) is 0.571. The quantitative estimate of drug-likeness (QED) is 0.778. The lowest BCUT2D eigenvalue weighted by Crippen LogP contribution is -2.46. The average molecular weight is 217 g/mol. The van der Waals surface area contributed by atoms with Crippen molar-refractivity contribution in [1.82, 2.24) is 5.32 Å². The minimum absolute atomic E-state index is 0.702. The summed E-state index contributed by atoms with van der Waals surface area (Å²) in [4.78, 5) is 0. The van der Waals surface area contributed by atoms with E-state index >= 15 is 0 Å². The van der Waals surface area contributed by atoms with E-state index in [2.05, 4.69) is 23.5 Å². The summed E-state index contributed by atoms with van der Waals surface area (Å²) in [7, 11) is 1.78. The molecule has 1 aliphatic carbocycles. The van der Waals surface area contributed by atoms with Gasteiger partial charge in [0.1, 0.15) is 5.75 Å². The Hall–Kier alpha value is -1.02. The van der Waals surface area contributed by atoms with Crippen molar-refractivity contribution in [1.29, 1.82) is 0 Å². The molecule has 1 aromatic carbocycles. The van der Waals surface area contributed by atoms with Gasteiger partial charge in [-0.3, -0.25) is 0 Å². The van der Waals surface area contributed by atoms with Gasteiger partial charge in [-0.2, -0.15) is 0 Å². The molecule has 0 radical (unpaired) electrons. The average Bonchev–Trinajstić information content (AvgIpc) is 2.35. The molecule has 3 rings (SSSR count). The van der Waals surface area contributed by atoms with Crippen LogP contribution in [0.15, 0.2) is 18.2 Å². The normalized spacial score (nSPS) is 28.1. The monoisotopic (exact) mass is 217 g/mol. The molecule has 0 aromatic heterocycles. The van der Waals surface area contributed by atoms with Crippen molar-refractivity contribution in [2.24, 2.45) is 5.92 Å². The second kappa shape index (κ2) is 4.10. The molecule has 2 atom stereocenters. The molecular formula is C14H19NO. The highest BCUT2D eigenvalue weighted by Gasteiger charge is 2.31. The highest BCUT2D eigenvalue weighted by atomic mass is 16.5. The summed E-state index contributed by atoms with van der Waals surface area (Å²) < 4.78 is 5.47. The number of hydrogen-bond acceptors (Lipinski definition) is 2. The lowest BCUT2D eigenvalue weighted by atomic mass is 9.76. The molecule has 0 bridgehead atoms. The molecule has 1 heterocycles. The summed E-state index contributed by atoms with van der Waals surface area (Å²) in [5, 5.41) is 3.66. The van der Waals surface area contributed by atoms with E-state index in [0.717, 1.165) is 11.7 Å². The standard InChI is InChI=1S/C14H19NO/c1-16-14-6-2-4-10-9-13-11(8-12(10)14)5-3-7-15-13/h2,4,6,11,13,15H,3,5,7-9H2,1H3/t11-,13-/m0/s1. The van der Waals surface area contributed by atoms with Gasteiger partial charge in [0.15, 0.2) is 0 Å². The van der Waals surface area contributed by atoms with Gasteiger partial charge in [0.2, 0.25) is 0 Å². The fourth-order valence-corrected chi connectivity index (χ4v) is 3.23. The third kappa shape index (κ3) is 1.61. The molecule has 1 aromatic rings. The van der Waals surface area contributed by atoms with Gasteiger partial charge in [-0.15, -0.1) is 0 Å². The molecule has 2 heteroatoms. The van der Waals surface area contributed by atoms with E-state index in [1.807, 2.05) is 0 Å². The third-order valence-corrected chi connectivity index (χ3v) is 4.08. The summed E-state index contributed by atoms with van der Waals surface area (Å²) in [6.07, 6.45) is 5.06. The zero-order chi connectivity index (χ0) is 11.0. The Morgan fingerprint density at radius 2 is 2.25 bits per heavy atom. The summed E-state index contributed by atoms with van der Waals surface area (Å²) in [6.45, 7) is 1.19. The largest absolute Gasteiger partial charge is 0.496 e. The zero-order valence-electron chi connectivity index (χ0n) is 9.83. The van der Waals surface area contributed by atoms with Crippen LogP contribution in [0.5, 0.6) is 5.75 Å². The Labute approximate surface area is 97.0 Å². The summed E-state index contributed by atoms with van der Waals surface area (Å²) >= 11 is 0. The number of rotatable bonds is 1. The maximum atomic E-state index is 5.47. The van der Waals surface area contributed by atoms with Crippen molar-refractivity contribution < 1.29 is 4.74 Å². The Bertz CT molecular complexity index is 388. The van der Waals surface area contributed by atoms with E-state index < -0.39 is 0 Å². The van der Waals surface area contributed by atoms with Crippen LogP contribution in [0.1, 0.15) is 24.0 Å². The molecule has 1 saturated heterocycles. The van der Waals surface area contributed by atoms with E-state index in [-0.39, 0.29) is 0 Å². The van der Waals surface area contributed by atoms with Crippen LogP contribution in [0, 0.1) is 5.92 Å². The highest BCUT2D eigenvalue weighted by molar-refractivity contribution is 5.43. The molecule has 86 valence electrons. The number of hydrogen-bond donors (Lipinski definition) is 1. The molecule has 16 heavy (non-hydrogen) atoms. The Balaban J connectivity index is 1.95. The second-order valence-corrected chi connectivity index (χ2v) is 4.97. The van der Waals surface area contributed by atoms with Gasteiger partial charge >= 0.3 is 0 Å². The first-order valence-electron chi connectivity index (χ1n) is 6.26. The Kier molecular flexibility index (Phi) is 2.60. The van der Waals surface area contributed by atoms with Crippen LogP contribution in [-0.2, 0) is 12.8 Å². The van der Waals surface area contributed by atoms with Gasteiger partial charge in [-0.05, 0) is 55.3 Å². The van der Waals surface area contributed by atoms with Crippen molar-refractivity contribution in [3.8, 4) is 5.75 Å². The molecule has 1 fully saturated rings. The predicted molar refractivity (Wildman–Crippen MR) is 64.9 cm³/mol. The molecule has 0 unspecified atom stereocenters. The van der Waals surface area contributed by atoms with E-state index in [4.69, 9.17) is 4.74 Å². The molecule has 2 aliphatic rings. The molecule has 1 aliphatic heterocycles. The van der Waals surface area contributed by atoms with E-state index in [1.165, 1.54) is 43.4 Å². The van der Waals surface area contributed by atoms with Crippen LogP contribution in [0.2, 0.25) is 0 Å². The van der Waals surface area contributed by atoms with Crippen molar-refractivity contribution in [2.75, 3.05) is 13.7 Å². The first-order valence-corrected chi connectivity index (χ1v) is 6.26. The summed E-state index contributed by atoms with van der Waals surface area (Å²) in [6, 6.07) is 7.16. The smallest absolute Gasteiger partial charge is 0.122 e. The van der Waals surface area contributed by atoms with Crippen LogP contribution in [0.4, 0.5) is 0 Å². The maximum Gasteiger partial charge on any atom is 0.122 e. The minimum atomic E-state index is 0.702. The first-order chi connectivity index (χ1) is 7.88. The lowest BCUT2D eigenvalue weighted by molar-refractivity contribution is 0.259. The van der Waals surface area contributed by atoms with Crippen molar-refractivity contribution in [3.63, 3.8) is 0 Å². The Morgan fingerprint density at radius 1 is 1.31 bits per heavy atom. The fourth-order valence-electron chi connectivity index (χ4n) is 3.23. The van der Waals surface area contributed by atoms with Crippen LogP contribution >= 0.6 is 0 Å². The second-order valence-electron chi connectivity index (χ2n) is 4.97. The highest BCUT2D eigenvalue weighted by Crippen LogP contribution is 2.35. The van der Waals surface area contributed by atoms with Crippen molar-refractivity contribution in [3.05, 3.63) is 29.3 Å². The number of nitrogens with one attached hydrogen (secondary N) is 1. The minimum Gasteiger partial charge on any atom is -0.496 e. The van der Waals surface area contributed by atoms with Gasteiger partial charge in [0, 0.05) is 6.04 Å². The van der Waals surface area contributed by atoms with Crippen molar-refractivity contribution >= 4 is 0 Å². The Morgan fingerprint density at radius 3 is 3.12 bits per heavy atom. The number of fused-ring (bicyclic) bond motifs is 2. The van der Waals surface area contributed by atoms with Gasteiger partial charge in [-0.25, -0.2) is 0 Å². The predicted octanol–water partition coefficient (Wildman–Crippen LogP) is 2.16. The van der Waals surface area contributed by atoms with Crippen LogP contribution in [0.3, 0.4) is 0 Å². The van der Waals surface area contributed by atoms with Crippen LogP contribution in [-0.4, -0.2) is 19.7 Å². The number of piperidine rings is 1. The number of ether oxygens (including phenoxy) is 1. The zero-order valence-corrected chi connectivity index (χ0v) is 9.83. The van der Waals surface area contributed by atoms with E-state index in [0.29, 0.717) is 6.04 Å². The molecule has 0 amide bonds. The molecule has 0 spiro atoms. The lowest BCUT2D eigenvalue weighted by Gasteiger charge is -2.37. The molecular weight excluding hydrogens is 198 g/mol. The van der Waals surface area contributed by atoms with Gasteiger partial charge in [0.05, 0.1) is 7.11 Å².